The zero-order valence-electron chi connectivity index (χ0n) is 9.72. The third-order valence-electron chi connectivity index (χ3n) is 2.68. The molecule has 0 aromatic carbocycles. The van der Waals surface area contributed by atoms with Crippen molar-refractivity contribution in [3.63, 3.8) is 0 Å². The summed E-state index contributed by atoms with van der Waals surface area (Å²) in [7, 11) is 0. The lowest BCUT2D eigenvalue weighted by Gasteiger charge is -2.23. The van der Waals surface area contributed by atoms with Gasteiger partial charge >= 0.3 is 0 Å². The van der Waals surface area contributed by atoms with E-state index in [9.17, 15) is 0 Å². The highest BCUT2D eigenvalue weighted by atomic mass is 79.9. The SMILES string of the molecule is CCCC(C)C(NCC)c1csc(Br)c1. The molecule has 0 fully saturated rings. The first-order chi connectivity index (χ1) is 7.19. The largest absolute Gasteiger partial charge is 0.310 e. The fraction of sp³-hybridized carbons (Fsp3) is 0.667. The maximum absolute atomic E-state index is 3.58. The molecule has 0 saturated heterocycles. The molecule has 1 heterocycles. The zero-order chi connectivity index (χ0) is 11.3. The number of nitrogens with one attached hydrogen (secondary N) is 1. The lowest BCUT2D eigenvalue weighted by atomic mass is 9.92. The van der Waals surface area contributed by atoms with Crippen LogP contribution < -0.4 is 5.32 Å². The van der Waals surface area contributed by atoms with E-state index in [1.807, 2.05) is 0 Å². The summed E-state index contributed by atoms with van der Waals surface area (Å²) in [4.78, 5) is 0. The Morgan fingerprint density at radius 1 is 1.47 bits per heavy atom. The van der Waals surface area contributed by atoms with E-state index in [1.165, 1.54) is 22.2 Å². The average Bonchev–Trinajstić information content (AvgIpc) is 2.61. The van der Waals surface area contributed by atoms with Gasteiger partial charge in [0.25, 0.3) is 0 Å². The van der Waals surface area contributed by atoms with E-state index in [0.29, 0.717) is 12.0 Å². The molecule has 1 aromatic heterocycles. The Kier molecular flexibility index (Phi) is 5.87. The molecule has 0 aliphatic heterocycles. The highest BCUT2D eigenvalue weighted by molar-refractivity contribution is 9.11. The summed E-state index contributed by atoms with van der Waals surface area (Å²) in [6.45, 7) is 7.80. The summed E-state index contributed by atoms with van der Waals surface area (Å²) in [5.41, 5.74) is 1.43. The molecule has 2 unspecified atom stereocenters. The summed E-state index contributed by atoms with van der Waals surface area (Å²) in [5, 5.41) is 5.84. The van der Waals surface area contributed by atoms with Crippen LogP contribution in [-0.4, -0.2) is 6.54 Å². The van der Waals surface area contributed by atoms with E-state index in [1.54, 1.807) is 11.3 Å². The Balaban J connectivity index is 2.72. The van der Waals surface area contributed by atoms with Crippen molar-refractivity contribution in [1.82, 2.24) is 5.32 Å². The first kappa shape index (κ1) is 13.2. The monoisotopic (exact) mass is 289 g/mol. The molecule has 0 aliphatic carbocycles. The van der Waals surface area contributed by atoms with Gasteiger partial charge in [0.05, 0.1) is 3.79 Å². The lowest BCUT2D eigenvalue weighted by molar-refractivity contribution is 0.370. The fourth-order valence-electron chi connectivity index (χ4n) is 1.98. The third-order valence-corrected chi connectivity index (χ3v) is 4.21. The van der Waals surface area contributed by atoms with Crippen LogP contribution in [0.5, 0.6) is 0 Å². The van der Waals surface area contributed by atoms with Crippen molar-refractivity contribution >= 4 is 27.3 Å². The minimum atomic E-state index is 0.512. The van der Waals surface area contributed by atoms with E-state index in [-0.39, 0.29) is 0 Å². The second-order valence-electron chi connectivity index (χ2n) is 3.99. The maximum Gasteiger partial charge on any atom is 0.0701 e. The van der Waals surface area contributed by atoms with Crippen molar-refractivity contribution in [2.45, 2.75) is 39.7 Å². The van der Waals surface area contributed by atoms with Crippen molar-refractivity contribution < 1.29 is 0 Å². The Morgan fingerprint density at radius 2 is 2.20 bits per heavy atom. The van der Waals surface area contributed by atoms with Gasteiger partial charge in [-0.3, -0.25) is 0 Å². The van der Waals surface area contributed by atoms with Crippen LogP contribution in [0, 0.1) is 5.92 Å². The number of hydrogen-bond acceptors (Lipinski definition) is 2. The van der Waals surface area contributed by atoms with Gasteiger partial charge in [-0.2, -0.15) is 0 Å². The quantitative estimate of drug-likeness (QED) is 0.807. The molecule has 0 radical (unpaired) electrons. The molecule has 0 aliphatic rings. The second-order valence-corrected chi connectivity index (χ2v) is 6.28. The topological polar surface area (TPSA) is 12.0 Å². The Hall–Kier alpha value is 0.140. The minimum absolute atomic E-state index is 0.512. The number of halogens is 1. The van der Waals surface area contributed by atoms with Gasteiger partial charge in [0.1, 0.15) is 0 Å². The first-order valence-corrected chi connectivity index (χ1v) is 7.33. The Labute approximate surface area is 105 Å². The van der Waals surface area contributed by atoms with Gasteiger partial charge in [-0.1, -0.05) is 27.2 Å². The Bertz CT molecular complexity index is 285. The van der Waals surface area contributed by atoms with Crippen molar-refractivity contribution in [2.24, 2.45) is 5.92 Å². The molecule has 15 heavy (non-hydrogen) atoms. The van der Waals surface area contributed by atoms with E-state index >= 15 is 0 Å². The van der Waals surface area contributed by atoms with Crippen LogP contribution in [0.3, 0.4) is 0 Å². The standard InChI is InChI=1S/C12H20BrNS/c1-4-6-9(3)12(14-5-2)10-7-11(13)15-8-10/h7-9,12,14H,4-6H2,1-3H3. The summed E-state index contributed by atoms with van der Waals surface area (Å²) in [6.07, 6.45) is 2.54. The predicted octanol–water partition coefficient (Wildman–Crippen LogP) is 4.60. The molecule has 0 amide bonds. The van der Waals surface area contributed by atoms with Gasteiger partial charge in [-0.15, -0.1) is 11.3 Å². The smallest absolute Gasteiger partial charge is 0.0701 e. The molecular formula is C12H20BrNS. The average molecular weight is 290 g/mol. The van der Waals surface area contributed by atoms with Crippen molar-refractivity contribution in [3.8, 4) is 0 Å². The molecular weight excluding hydrogens is 270 g/mol. The van der Waals surface area contributed by atoms with Crippen LogP contribution in [0.2, 0.25) is 0 Å². The van der Waals surface area contributed by atoms with Crippen LogP contribution in [0.4, 0.5) is 0 Å². The van der Waals surface area contributed by atoms with Crippen LogP contribution in [0.15, 0.2) is 15.2 Å². The van der Waals surface area contributed by atoms with Gasteiger partial charge in [-0.05, 0) is 51.8 Å². The van der Waals surface area contributed by atoms with E-state index in [2.05, 4.69) is 53.5 Å². The van der Waals surface area contributed by atoms with Crippen LogP contribution in [-0.2, 0) is 0 Å². The number of thiophene rings is 1. The van der Waals surface area contributed by atoms with E-state index in [4.69, 9.17) is 0 Å². The van der Waals surface area contributed by atoms with Crippen LogP contribution in [0.1, 0.15) is 45.2 Å². The Morgan fingerprint density at radius 3 is 2.67 bits per heavy atom. The van der Waals surface area contributed by atoms with E-state index in [0.717, 1.165) is 6.54 Å². The number of hydrogen-bond donors (Lipinski definition) is 1. The van der Waals surface area contributed by atoms with E-state index < -0.39 is 0 Å². The second kappa shape index (κ2) is 6.66. The molecule has 1 nitrogen and oxygen atoms in total. The molecule has 0 saturated carbocycles. The molecule has 86 valence electrons. The summed E-state index contributed by atoms with van der Waals surface area (Å²) in [6, 6.07) is 2.75. The van der Waals surface area contributed by atoms with Gasteiger partial charge in [0.15, 0.2) is 0 Å². The highest BCUT2D eigenvalue weighted by Gasteiger charge is 2.18. The van der Waals surface area contributed by atoms with Crippen molar-refractivity contribution in [2.75, 3.05) is 6.54 Å². The van der Waals surface area contributed by atoms with Crippen molar-refractivity contribution in [3.05, 3.63) is 20.8 Å². The van der Waals surface area contributed by atoms with Gasteiger partial charge in [0, 0.05) is 6.04 Å². The molecule has 2 atom stereocenters. The molecule has 3 heteroatoms. The maximum atomic E-state index is 3.58. The molecule has 1 rings (SSSR count). The summed E-state index contributed by atoms with van der Waals surface area (Å²) >= 11 is 5.30. The van der Waals surface area contributed by atoms with Gasteiger partial charge < -0.3 is 5.32 Å². The van der Waals surface area contributed by atoms with Gasteiger partial charge in [-0.25, -0.2) is 0 Å². The summed E-state index contributed by atoms with van der Waals surface area (Å²) in [5.74, 6) is 0.705. The fourth-order valence-corrected chi connectivity index (χ4v) is 3.19. The third kappa shape index (κ3) is 3.89. The minimum Gasteiger partial charge on any atom is -0.310 e. The normalized spacial score (nSPS) is 15.2. The number of rotatable bonds is 6. The van der Waals surface area contributed by atoms with Crippen LogP contribution >= 0.6 is 27.3 Å². The first-order valence-electron chi connectivity index (χ1n) is 5.66. The molecule has 0 spiro atoms. The van der Waals surface area contributed by atoms with Crippen molar-refractivity contribution in [1.29, 1.82) is 0 Å². The molecule has 1 aromatic rings. The summed E-state index contributed by atoms with van der Waals surface area (Å²) < 4.78 is 1.23. The molecule has 1 N–H and O–H groups in total. The highest BCUT2D eigenvalue weighted by Crippen LogP contribution is 2.31. The lowest BCUT2D eigenvalue weighted by Crippen LogP contribution is -2.26. The zero-order valence-corrected chi connectivity index (χ0v) is 12.1. The van der Waals surface area contributed by atoms with Gasteiger partial charge in [0.2, 0.25) is 0 Å². The van der Waals surface area contributed by atoms with Crippen LogP contribution in [0.25, 0.3) is 0 Å². The molecule has 0 bridgehead atoms. The predicted molar refractivity (Wildman–Crippen MR) is 72.5 cm³/mol.